The Bertz CT molecular complexity index is 1430. The first-order valence-electron chi connectivity index (χ1n) is 12.0. The maximum absolute atomic E-state index is 14.5. The lowest BCUT2D eigenvalue weighted by atomic mass is 9.97. The molecular weight excluding hydrogens is 508 g/mol. The summed E-state index contributed by atoms with van der Waals surface area (Å²) in [6.07, 6.45) is 13.7. The van der Waals surface area contributed by atoms with E-state index in [9.17, 15) is 8.78 Å². The summed E-state index contributed by atoms with van der Waals surface area (Å²) in [5.74, 6) is -1.49. The highest BCUT2D eigenvalue weighted by Crippen LogP contribution is 2.31. The highest BCUT2D eigenvalue weighted by atomic mass is 32.2. The molecule has 0 radical (unpaired) electrons. The Kier molecular flexibility index (Phi) is 7.97. The highest BCUT2D eigenvalue weighted by Gasteiger charge is 2.17. The van der Waals surface area contributed by atoms with E-state index in [1.165, 1.54) is 18.2 Å². The van der Waals surface area contributed by atoms with E-state index >= 15 is 0 Å². The molecule has 2 aliphatic heterocycles. The van der Waals surface area contributed by atoms with Crippen molar-refractivity contribution in [1.29, 1.82) is 5.41 Å². The number of hydrogen-bond donors (Lipinski definition) is 4. The van der Waals surface area contributed by atoms with E-state index in [0.717, 1.165) is 43.1 Å². The van der Waals surface area contributed by atoms with E-state index in [0.29, 0.717) is 34.7 Å². The topological polar surface area (TPSA) is 99.9 Å². The molecule has 0 spiro atoms. The van der Waals surface area contributed by atoms with Crippen molar-refractivity contribution in [3.8, 4) is 11.3 Å². The van der Waals surface area contributed by atoms with Crippen LogP contribution < -0.4 is 15.4 Å². The van der Waals surface area contributed by atoms with E-state index in [2.05, 4.69) is 25.4 Å². The zero-order valence-electron chi connectivity index (χ0n) is 20.7. The van der Waals surface area contributed by atoms with E-state index in [1.54, 1.807) is 12.1 Å². The Morgan fingerprint density at radius 3 is 2.84 bits per heavy atom. The van der Waals surface area contributed by atoms with Gasteiger partial charge in [-0.3, -0.25) is 9.67 Å². The number of pyridine rings is 1. The summed E-state index contributed by atoms with van der Waals surface area (Å²) in [5.41, 5.74) is 5.12. The van der Waals surface area contributed by atoms with Crippen molar-refractivity contribution in [2.24, 2.45) is 0 Å². The molecule has 5 rings (SSSR count). The van der Waals surface area contributed by atoms with E-state index < -0.39 is 11.6 Å². The van der Waals surface area contributed by atoms with Crippen LogP contribution in [0, 0.1) is 17.0 Å². The smallest absolute Gasteiger partial charge is 0.152 e. The third-order valence-corrected chi connectivity index (χ3v) is 6.60. The summed E-state index contributed by atoms with van der Waals surface area (Å²) in [6, 6.07) is 6.40. The third-order valence-electron chi connectivity index (χ3n) is 6.16. The van der Waals surface area contributed by atoms with Gasteiger partial charge in [0, 0.05) is 71.1 Å². The van der Waals surface area contributed by atoms with Gasteiger partial charge in [0.1, 0.15) is 11.5 Å². The molecule has 0 aliphatic carbocycles. The molecule has 8 nitrogen and oxygen atoms in total. The van der Waals surface area contributed by atoms with Crippen molar-refractivity contribution in [3.63, 3.8) is 0 Å². The predicted octanol–water partition coefficient (Wildman–Crippen LogP) is 4.46. The van der Waals surface area contributed by atoms with Crippen LogP contribution in [0.2, 0.25) is 0 Å². The Balaban J connectivity index is 1.40. The first kappa shape index (κ1) is 25.8. The molecule has 4 heterocycles. The Labute approximate surface area is 223 Å². The molecule has 1 aromatic carbocycles. The minimum absolute atomic E-state index is 0.0352. The molecule has 11 heteroatoms. The fourth-order valence-electron chi connectivity index (χ4n) is 4.39. The summed E-state index contributed by atoms with van der Waals surface area (Å²) >= 11 is 1.38. The molecule has 38 heavy (non-hydrogen) atoms. The summed E-state index contributed by atoms with van der Waals surface area (Å²) in [4.78, 5) is 3.95. The van der Waals surface area contributed by atoms with E-state index in [-0.39, 0.29) is 11.7 Å². The van der Waals surface area contributed by atoms with Crippen molar-refractivity contribution in [3.05, 3.63) is 89.7 Å². The van der Waals surface area contributed by atoms with Gasteiger partial charge in [-0.25, -0.2) is 8.78 Å². The quantitative estimate of drug-likeness (QED) is 0.250. The first-order chi connectivity index (χ1) is 18.5. The normalized spacial score (nSPS) is 18.5. The number of aromatic nitrogens is 3. The number of allylic oxidation sites excluding steroid dienone is 4. The molecule has 196 valence electrons. The molecule has 2 aliphatic rings. The molecule has 2 aromatic heterocycles. The second-order valence-corrected chi connectivity index (χ2v) is 9.43. The van der Waals surface area contributed by atoms with E-state index in [4.69, 9.17) is 10.1 Å². The standard InChI is InChI=1S/C27H27F2N7OS/c1-38-35-22-7-18(6-19(8-22)27-25(29)9-21(28)13-33-27)24(10-30)26-3-2-17(11-32-26)20-12-34-36(14-20)15-23-16-37-5-4-31-23/h2-3,6-14,23,30-32,35H,4-5,15-16H2,1H3/b26-24+,30-10?. The largest absolute Gasteiger partial charge is 0.378 e. The minimum atomic E-state index is -0.753. The molecular formula is C27H27F2N7OS. The number of rotatable bonds is 8. The predicted molar refractivity (Wildman–Crippen MR) is 148 cm³/mol. The molecule has 4 N–H and O–H groups in total. The van der Waals surface area contributed by atoms with Crippen molar-refractivity contribution in [2.75, 3.05) is 30.7 Å². The van der Waals surface area contributed by atoms with Gasteiger partial charge >= 0.3 is 0 Å². The van der Waals surface area contributed by atoms with Crippen LogP contribution in [0.25, 0.3) is 22.4 Å². The van der Waals surface area contributed by atoms with Crippen LogP contribution in [-0.4, -0.2) is 53.0 Å². The van der Waals surface area contributed by atoms with Gasteiger partial charge in [0.15, 0.2) is 5.82 Å². The molecule has 3 aromatic rings. The van der Waals surface area contributed by atoms with Crippen molar-refractivity contribution >= 4 is 35.0 Å². The van der Waals surface area contributed by atoms with Crippen molar-refractivity contribution in [1.82, 2.24) is 25.4 Å². The lowest BCUT2D eigenvalue weighted by Crippen LogP contribution is -2.43. The number of morpholine rings is 1. The summed E-state index contributed by atoms with van der Waals surface area (Å²) in [7, 11) is 0. The number of nitrogens with zero attached hydrogens (tertiary/aromatic N) is 3. The van der Waals surface area contributed by atoms with Gasteiger partial charge in [-0.15, -0.1) is 0 Å². The number of ether oxygens (including phenoxy) is 1. The SMILES string of the molecule is CSNc1cc(/C(C=N)=C2\C=CC(c3cnn(CC4COCCN4)c3)=CN2)cc(-c2ncc(F)cc2F)c1. The monoisotopic (exact) mass is 535 g/mol. The zero-order valence-corrected chi connectivity index (χ0v) is 21.5. The maximum atomic E-state index is 14.5. The number of benzene rings is 1. The van der Waals surface area contributed by atoms with Gasteiger partial charge in [0.2, 0.25) is 0 Å². The summed E-state index contributed by atoms with van der Waals surface area (Å²) in [6.45, 7) is 2.96. The van der Waals surface area contributed by atoms with Crippen LogP contribution in [0.3, 0.4) is 0 Å². The number of halogens is 2. The number of anilines is 1. The second kappa shape index (κ2) is 11.7. The van der Waals surface area contributed by atoms with Gasteiger partial charge in [0.05, 0.1) is 38.2 Å². The fourth-order valence-corrected chi connectivity index (χ4v) is 4.74. The average Bonchev–Trinajstić information content (AvgIpc) is 3.38. The minimum Gasteiger partial charge on any atom is -0.378 e. The lowest BCUT2D eigenvalue weighted by Gasteiger charge is -2.23. The maximum Gasteiger partial charge on any atom is 0.152 e. The zero-order chi connectivity index (χ0) is 26.5. The third kappa shape index (κ3) is 5.85. The fraction of sp³-hybridized carbons (Fsp3) is 0.222. The summed E-state index contributed by atoms with van der Waals surface area (Å²) < 4.78 is 38.5. The van der Waals surface area contributed by atoms with Crippen LogP contribution in [0.4, 0.5) is 14.5 Å². The molecule has 1 atom stereocenters. The van der Waals surface area contributed by atoms with Crippen LogP contribution in [-0.2, 0) is 11.3 Å². The van der Waals surface area contributed by atoms with Crippen molar-refractivity contribution < 1.29 is 13.5 Å². The summed E-state index contributed by atoms with van der Waals surface area (Å²) in [5, 5.41) is 19.3. The average molecular weight is 536 g/mol. The molecule has 1 fully saturated rings. The first-order valence-corrected chi connectivity index (χ1v) is 13.3. The highest BCUT2D eigenvalue weighted by molar-refractivity contribution is 7.99. The molecule has 0 saturated carbocycles. The molecule has 1 unspecified atom stereocenters. The van der Waals surface area contributed by atoms with Crippen LogP contribution in [0.5, 0.6) is 0 Å². The Morgan fingerprint density at radius 2 is 2.13 bits per heavy atom. The van der Waals surface area contributed by atoms with Gasteiger partial charge in [0.25, 0.3) is 0 Å². The van der Waals surface area contributed by atoms with Crippen LogP contribution >= 0.6 is 11.9 Å². The molecule has 0 bridgehead atoms. The number of dihydropyridines is 1. The number of hydrogen-bond acceptors (Lipinski definition) is 8. The lowest BCUT2D eigenvalue weighted by molar-refractivity contribution is 0.0702. The van der Waals surface area contributed by atoms with Crippen molar-refractivity contribution in [2.45, 2.75) is 12.6 Å². The van der Waals surface area contributed by atoms with E-state index in [1.807, 2.05) is 47.7 Å². The Hall–Kier alpha value is -3.80. The molecule has 0 amide bonds. The number of nitrogens with one attached hydrogen (secondary N) is 4. The van der Waals surface area contributed by atoms with Gasteiger partial charge in [-0.1, -0.05) is 18.0 Å². The second-order valence-electron chi connectivity index (χ2n) is 8.82. The Morgan fingerprint density at radius 1 is 1.24 bits per heavy atom. The van der Waals surface area contributed by atoms with Crippen LogP contribution in [0.1, 0.15) is 11.1 Å². The van der Waals surface area contributed by atoms with Gasteiger partial charge in [-0.2, -0.15) is 5.10 Å². The van der Waals surface area contributed by atoms with Gasteiger partial charge < -0.3 is 25.5 Å². The van der Waals surface area contributed by atoms with Crippen LogP contribution in [0.15, 0.2) is 66.9 Å². The van der Waals surface area contributed by atoms with Gasteiger partial charge in [-0.05, 0) is 29.8 Å². The molecule has 1 saturated heterocycles.